The first kappa shape index (κ1) is 73.7. The van der Waals surface area contributed by atoms with Crippen LogP contribution in [0.5, 0.6) is 46.0 Å². The van der Waals surface area contributed by atoms with E-state index in [0.717, 1.165) is 145 Å². The second-order valence-corrected chi connectivity index (χ2v) is 31.2. The molecule has 0 fully saturated rings. The molecular weight excluding hydrogens is 1250 g/mol. The highest BCUT2D eigenvalue weighted by Crippen LogP contribution is 2.60. The lowest BCUT2D eigenvalue weighted by atomic mass is 9.76. The first-order chi connectivity index (χ1) is 48.9. The van der Waals surface area contributed by atoms with Gasteiger partial charge in [-0.1, -0.05) is 271 Å². The van der Waals surface area contributed by atoms with Crippen molar-refractivity contribution in [1.82, 2.24) is 4.98 Å². The summed E-state index contributed by atoms with van der Waals surface area (Å²) in [7, 11) is -4.29. The van der Waals surface area contributed by atoms with Crippen LogP contribution in [-0.4, -0.2) is 25.4 Å². The van der Waals surface area contributed by atoms with E-state index in [9.17, 15) is 0 Å². The molecule has 5 heterocycles. The Balaban J connectivity index is 1.09. The van der Waals surface area contributed by atoms with Gasteiger partial charge < -0.3 is 37.5 Å². The number of rotatable bonds is 41. The lowest BCUT2D eigenvalue weighted by molar-refractivity contribution is 0.103. The Morgan fingerprint density at radius 3 is 0.808 bits per heavy atom. The minimum atomic E-state index is -4.29. The lowest BCUT2D eigenvalue weighted by Crippen LogP contribution is -2.23. The summed E-state index contributed by atoms with van der Waals surface area (Å²) < 4.78 is 72.8. The number of aromatic nitrogens is 1. The number of nitrogens with zero attached hydrogens (tertiary/aromatic N) is 1. The molecule has 0 saturated heterocycles. The Bertz CT molecular complexity index is 3420. The number of hydrogen-bond donors (Lipinski definition) is 0. The number of pyridine rings is 1. The average Bonchev–Trinajstić information content (AvgIpc) is 0.735. The van der Waals surface area contributed by atoms with Crippen molar-refractivity contribution in [3.8, 4) is 57.8 Å². The maximum absolute atomic E-state index is 16.7. The van der Waals surface area contributed by atoms with Gasteiger partial charge in [-0.25, -0.2) is 4.57 Å². The van der Waals surface area contributed by atoms with E-state index in [4.69, 9.17) is 37.5 Å². The molecule has 1 aliphatic carbocycles. The Labute approximate surface area is 596 Å². The van der Waals surface area contributed by atoms with Gasteiger partial charge >= 0.3 is 7.60 Å². The topological polar surface area (TPSA) is 104 Å². The van der Waals surface area contributed by atoms with E-state index in [1.807, 2.05) is 36.4 Å². The monoisotopic (exact) mass is 1360 g/mol. The van der Waals surface area contributed by atoms with Gasteiger partial charge in [0.05, 0.1) is 5.30 Å². The standard InChI is InChI=1S/C88H118NO9P/c1-5-9-13-17-21-25-29-33-37-41-69-73-55-75-70(42-38-34-30-26-22-18-14-10-6-2)77-57-79-72(44-40-36-32-28-24-20-16-12-8-4)80-58-78-71(43-39-35-31-27-23-19-15-11-7-3)76-56-74(69)82-60-84(76)94-65-96-86(78)62-88(80)98-99(90,68-49-47-66(48-50-68)45-46-67-51-53-89-54-52-67)97-87(79)61-85(77)95-64-93-83(75)59-81(73)91-63-92-82/h47-62,69-72H,5-44,63-65H2,1-4H3. The highest BCUT2D eigenvalue weighted by atomic mass is 31.2. The number of benzene rings is 5. The normalized spacial score (nSPS) is 18.2. The Morgan fingerprint density at radius 1 is 0.303 bits per heavy atom. The lowest BCUT2D eigenvalue weighted by Gasteiger charge is -2.36. The van der Waals surface area contributed by atoms with Crippen molar-refractivity contribution in [3.63, 3.8) is 0 Å². The van der Waals surface area contributed by atoms with E-state index in [-0.39, 0.29) is 44.1 Å². The summed E-state index contributed by atoms with van der Waals surface area (Å²) in [6.45, 7) is 9.15. The van der Waals surface area contributed by atoms with Gasteiger partial charge in [-0.15, -0.1) is 0 Å². The third kappa shape index (κ3) is 20.2. The number of hydrogen-bond acceptors (Lipinski definition) is 10. The number of unbranched alkanes of at least 4 members (excludes halogenated alkanes) is 32. The van der Waals surface area contributed by atoms with Crippen LogP contribution in [0.15, 0.2) is 97.3 Å². The van der Waals surface area contributed by atoms with Crippen molar-refractivity contribution in [3.05, 3.63) is 153 Å². The molecule has 11 rings (SSSR count). The first-order valence-corrected chi connectivity index (χ1v) is 41.4. The molecule has 5 aliphatic rings. The van der Waals surface area contributed by atoms with E-state index in [1.54, 1.807) is 12.4 Å². The van der Waals surface area contributed by atoms with Crippen LogP contribution in [0.1, 0.15) is 364 Å². The van der Waals surface area contributed by atoms with Gasteiger partial charge in [0.2, 0.25) is 20.4 Å². The van der Waals surface area contributed by atoms with Crippen molar-refractivity contribution in [2.75, 3.05) is 20.4 Å². The van der Waals surface area contributed by atoms with Crippen LogP contribution in [0, 0.1) is 11.8 Å². The minimum absolute atomic E-state index is 0.0387. The SMILES string of the molecule is CCCCCCCCCCCC1c2cc3c4cc2OCOc2cc5c(cc21)C(CCCCCCCCCCC)c1cc2c(cc1OCO5)OP(=O)(c1ccc(C#Cc5ccncc5)cc1)Oc1cc(c(cc1C2CCCCCCCCCCC)C3CCCCCCCCCCC)OCO4. The number of ether oxygens (including phenoxy) is 6. The van der Waals surface area contributed by atoms with Gasteiger partial charge in [0.1, 0.15) is 46.0 Å². The summed E-state index contributed by atoms with van der Waals surface area (Å²) in [5.41, 5.74) is 10.5. The van der Waals surface area contributed by atoms with E-state index < -0.39 is 7.60 Å². The van der Waals surface area contributed by atoms with Crippen LogP contribution in [0.2, 0.25) is 0 Å². The van der Waals surface area contributed by atoms with E-state index in [0.29, 0.717) is 28.3 Å². The summed E-state index contributed by atoms with van der Waals surface area (Å²) in [6.07, 6.45) is 51.4. The van der Waals surface area contributed by atoms with Gasteiger partial charge in [0, 0.05) is 116 Å². The van der Waals surface area contributed by atoms with Crippen molar-refractivity contribution < 1.29 is 42.0 Å². The fourth-order valence-corrected chi connectivity index (χ4v) is 17.8. The molecule has 1 aromatic heterocycles. The molecule has 6 aromatic rings. The molecule has 99 heavy (non-hydrogen) atoms. The zero-order valence-electron chi connectivity index (χ0n) is 61.0. The zero-order chi connectivity index (χ0) is 68.3. The fraction of sp³-hybridized carbons (Fsp3) is 0.580. The fourth-order valence-electron chi connectivity index (χ4n) is 16.2. The highest BCUT2D eigenvalue weighted by molar-refractivity contribution is 7.63. The molecule has 534 valence electrons. The molecule has 4 aliphatic heterocycles. The van der Waals surface area contributed by atoms with Gasteiger partial charge in [-0.05, 0) is 86.3 Å². The first-order valence-electron chi connectivity index (χ1n) is 39.9. The predicted molar refractivity (Wildman–Crippen MR) is 404 cm³/mol. The second-order valence-electron chi connectivity index (χ2n) is 29.3. The summed E-state index contributed by atoms with van der Waals surface area (Å²) >= 11 is 0. The Morgan fingerprint density at radius 2 is 0.535 bits per heavy atom. The average molecular weight is 1360 g/mol. The quantitative estimate of drug-likeness (QED) is 0.0209. The summed E-state index contributed by atoms with van der Waals surface area (Å²) in [6, 6.07) is 29.6. The highest BCUT2D eigenvalue weighted by Gasteiger charge is 2.42. The molecule has 2 atom stereocenters. The molecular formula is C88H118NO9P. The summed E-state index contributed by atoms with van der Waals surface area (Å²) in [5.74, 6) is 11.6. The molecule has 0 amide bonds. The maximum atomic E-state index is 16.7. The molecule has 0 saturated carbocycles. The Kier molecular flexibility index (Phi) is 29.0. The van der Waals surface area contributed by atoms with Crippen LogP contribution in [-0.2, 0) is 4.57 Å². The van der Waals surface area contributed by atoms with Crippen LogP contribution in [0.4, 0.5) is 0 Å². The Hall–Kier alpha value is -6.56. The predicted octanol–water partition coefficient (Wildman–Crippen LogP) is 25.5. The maximum Gasteiger partial charge on any atom is 0.462 e. The molecule has 2 unspecified atom stereocenters. The van der Waals surface area contributed by atoms with E-state index in [1.165, 1.54) is 191 Å². The third-order valence-electron chi connectivity index (χ3n) is 21.9. The summed E-state index contributed by atoms with van der Waals surface area (Å²) in [4.78, 5) is 4.18. The molecule has 8 bridgehead atoms. The van der Waals surface area contributed by atoms with Crippen molar-refractivity contribution in [2.45, 2.75) is 308 Å². The van der Waals surface area contributed by atoms with Crippen molar-refractivity contribution >= 4 is 12.9 Å². The van der Waals surface area contributed by atoms with Crippen LogP contribution >= 0.6 is 7.60 Å². The van der Waals surface area contributed by atoms with Crippen LogP contribution in [0.25, 0.3) is 0 Å². The van der Waals surface area contributed by atoms with Gasteiger partial charge in [0.15, 0.2) is 0 Å². The molecule has 0 spiro atoms. The molecule has 11 heteroatoms. The largest absolute Gasteiger partial charge is 0.462 e. The molecule has 0 radical (unpaired) electrons. The smallest absolute Gasteiger partial charge is 0.457 e. The summed E-state index contributed by atoms with van der Waals surface area (Å²) in [5, 5.41) is 0.421. The third-order valence-corrected chi connectivity index (χ3v) is 23.7. The van der Waals surface area contributed by atoms with Crippen LogP contribution in [0.3, 0.4) is 0 Å². The molecule has 5 aromatic carbocycles. The minimum Gasteiger partial charge on any atom is -0.457 e. The van der Waals surface area contributed by atoms with Crippen LogP contribution < -0.4 is 42.8 Å². The molecule has 0 N–H and O–H groups in total. The second kappa shape index (κ2) is 39.0. The van der Waals surface area contributed by atoms with Crippen molar-refractivity contribution in [1.29, 1.82) is 0 Å². The van der Waals surface area contributed by atoms with Gasteiger partial charge in [-0.2, -0.15) is 0 Å². The van der Waals surface area contributed by atoms with Gasteiger partial charge in [-0.3, -0.25) is 4.98 Å². The van der Waals surface area contributed by atoms with E-state index in [2.05, 4.69) is 93.1 Å². The molecule has 10 nitrogen and oxygen atoms in total. The van der Waals surface area contributed by atoms with Crippen molar-refractivity contribution in [2.24, 2.45) is 0 Å². The van der Waals surface area contributed by atoms with E-state index >= 15 is 4.57 Å². The van der Waals surface area contributed by atoms with Gasteiger partial charge in [0.25, 0.3) is 0 Å². The zero-order valence-corrected chi connectivity index (χ0v) is 61.9.